The molecular formula is C9H11N3O2. The van der Waals surface area contributed by atoms with Crippen molar-refractivity contribution in [2.45, 2.75) is 6.92 Å². The first-order valence-electron chi connectivity index (χ1n) is 3.98. The minimum absolute atomic E-state index is 0.274. The molecule has 0 atom stereocenters. The molecule has 1 amide bonds. The predicted molar refractivity (Wildman–Crippen MR) is 52.0 cm³/mol. The molecule has 0 saturated carbocycles. The highest BCUT2D eigenvalue weighted by Gasteiger charge is 2.03. The summed E-state index contributed by atoms with van der Waals surface area (Å²) in [5, 5.41) is 9.94. The summed E-state index contributed by atoms with van der Waals surface area (Å²) in [5.74, 6) is 0.501. The van der Waals surface area contributed by atoms with Crippen LogP contribution in [0.2, 0.25) is 0 Å². The Morgan fingerprint density at radius 3 is 2.64 bits per heavy atom. The highest BCUT2D eigenvalue weighted by atomic mass is 16.5. The molecule has 1 aromatic heterocycles. The lowest BCUT2D eigenvalue weighted by Gasteiger charge is -2.02. The summed E-state index contributed by atoms with van der Waals surface area (Å²) in [4.78, 5) is 11.2. The summed E-state index contributed by atoms with van der Waals surface area (Å²) >= 11 is 0. The van der Waals surface area contributed by atoms with Gasteiger partial charge in [0.15, 0.2) is 5.82 Å². The first kappa shape index (κ1) is 10.2. The van der Waals surface area contributed by atoms with Crippen LogP contribution in [-0.4, -0.2) is 23.2 Å². The maximum atomic E-state index is 11.2. The first-order valence-corrected chi connectivity index (χ1v) is 3.98. The maximum absolute atomic E-state index is 11.2. The zero-order valence-corrected chi connectivity index (χ0v) is 8.07. The van der Waals surface area contributed by atoms with Gasteiger partial charge in [-0.1, -0.05) is 6.58 Å². The normalized spacial score (nSPS) is 9.29. The van der Waals surface area contributed by atoms with Crippen LogP contribution >= 0.6 is 0 Å². The lowest BCUT2D eigenvalue weighted by molar-refractivity contribution is -0.112. The Balaban J connectivity index is 2.69. The van der Waals surface area contributed by atoms with Crippen LogP contribution in [-0.2, 0) is 4.79 Å². The van der Waals surface area contributed by atoms with E-state index in [1.165, 1.54) is 7.11 Å². The van der Waals surface area contributed by atoms with Crippen LogP contribution in [0, 0.1) is 0 Å². The van der Waals surface area contributed by atoms with Crippen molar-refractivity contribution in [3.05, 3.63) is 24.3 Å². The number of hydrogen-bond acceptors (Lipinski definition) is 4. The maximum Gasteiger partial charge on any atom is 0.251 e. The second-order valence-electron chi connectivity index (χ2n) is 2.70. The first-order chi connectivity index (χ1) is 6.63. The molecule has 0 fully saturated rings. The van der Waals surface area contributed by atoms with Gasteiger partial charge in [-0.15, -0.1) is 10.2 Å². The number of carbonyl (C=O) groups is 1. The van der Waals surface area contributed by atoms with Crippen molar-refractivity contribution in [2.24, 2.45) is 0 Å². The van der Waals surface area contributed by atoms with Crippen molar-refractivity contribution < 1.29 is 9.53 Å². The fourth-order valence-corrected chi connectivity index (χ4v) is 0.719. The second-order valence-corrected chi connectivity index (χ2v) is 2.70. The molecule has 0 saturated heterocycles. The molecule has 0 radical (unpaired) electrons. The average molecular weight is 193 g/mol. The van der Waals surface area contributed by atoms with Gasteiger partial charge in [0.05, 0.1) is 7.11 Å². The van der Waals surface area contributed by atoms with Gasteiger partial charge in [-0.25, -0.2) is 0 Å². The van der Waals surface area contributed by atoms with E-state index in [9.17, 15) is 4.79 Å². The number of amides is 1. The van der Waals surface area contributed by atoms with E-state index < -0.39 is 0 Å². The Labute approximate surface area is 81.8 Å². The average Bonchev–Trinajstić information content (AvgIpc) is 2.19. The number of rotatable bonds is 3. The van der Waals surface area contributed by atoms with Gasteiger partial charge in [0, 0.05) is 11.6 Å². The molecule has 74 valence electrons. The number of anilines is 1. The molecule has 0 aliphatic carbocycles. The minimum atomic E-state index is -0.274. The summed E-state index contributed by atoms with van der Waals surface area (Å²) < 4.78 is 4.82. The van der Waals surface area contributed by atoms with Gasteiger partial charge in [-0.2, -0.15) is 0 Å². The zero-order chi connectivity index (χ0) is 10.6. The molecule has 1 N–H and O–H groups in total. The van der Waals surface area contributed by atoms with Crippen LogP contribution in [0.25, 0.3) is 0 Å². The van der Waals surface area contributed by atoms with Gasteiger partial charge in [0.1, 0.15) is 0 Å². The molecule has 5 nitrogen and oxygen atoms in total. The highest BCUT2D eigenvalue weighted by molar-refractivity contribution is 6.02. The largest absolute Gasteiger partial charge is 0.480 e. The Morgan fingerprint density at radius 2 is 2.21 bits per heavy atom. The number of carbonyl (C=O) groups excluding carboxylic acids is 1. The molecular weight excluding hydrogens is 182 g/mol. The van der Waals surface area contributed by atoms with E-state index in [0.717, 1.165) is 0 Å². The highest BCUT2D eigenvalue weighted by Crippen LogP contribution is 2.07. The second kappa shape index (κ2) is 4.36. The zero-order valence-electron chi connectivity index (χ0n) is 8.07. The Morgan fingerprint density at radius 1 is 1.50 bits per heavy atom. The van der Waals surface area contributed by atoms with Crippen LogP contribution in [0.5, 0.6) is 5.88 Å². The quantitative estimate of drug-likeness (QED) is 0.727. The molecule has 1 heterocycles. The molecule has 5 heteroatoms. The fraction of sp³-hybridized carbons (Fsp3) is 0.222. The van der Waals surface area contributed by atoms with Crippen molar-refractivity contribution in [1.82, 2.24) is 10.2 Å². The number of nitrogens with one attached hydrogen (secondary N) is 1. The van der Waals surface area contributed by atoms with Crippen LogP contribution in [0.15, 0.2) is 24.3 Å². The third-order valence-electron chi connectivity index (χ3n) is 1.48. The van der Waals surface area contributed by atoms with Crippen molar-refractivity contribution in [3.63, 3.8) is 0 Å². The molecule has 0 aromatic carbocycles. The third kappa shape index (κ3) is 2.55. The van der Waals surface area contributed by atoms with Gasteiger partial charge in [-0.3, -0.25) is 4.79 Å². The van der Waals surface area contributed by atoms with E-state index in [1.54, 1.807) is 19.1 Å². The number of ether oxygens (including phenoxy) is 1. The Bertz CT molecular complexity index is 346. The lowest BCUT2D eigenvalue weighted by Crippen LogP contribution is -2.13. The van der Waals surface area contributed by atoms with E-state index in [4.69, 9.17) is 4.74 Å². The smallest absolute Gasteiger partial charge is 0.251 e. The molecule has 0 spiro atoms. The van der Waals surface area contributed by atoms with Gasteiger partial charge in [0.25, 0.3) is 5.91 Å². The van der Waals surface area contributed by atoms with Crippen LogP contribution < -0.4 is 10.1 Å². The minimum Gasteiger partial charge on any atom is -0.480 e. The van der Waals surface area contributed by atoms with Crippen molar-refractivity contribution in [2.75, 3.05) is 12.4 Å². The Kier molecular flexibility index (Phi) is 3.17. The summed E-state index contributed by atoms with van der Waals surface area (Å²) in [6.07, 6.45) is 0. The molecule has 14 heavy (non-hydrogen) atoms. The molecule has 0 unspecified atom stereocenters. The fourth-order valence-electron chi connectivity index (χ4n) is 0.719. The monoisotopic (exact) mass is 193 g/mol. The number of methoxy groups -OCH3 is 1. The number of nitrogens with zero attached hydrogens (tertiary/aromatic N) is 2. The predicted octanol–water partition coefficient (Wildman–Crippen LogP) is 1.000. The van der Waals surface area contributed by atoms with Crippen LogP contribution in [0.3, 0.4) is 0 Å². The van der Waals surface area contributed by atoms with Crippen molar-refractivity contribution in [3.8, 4) is 5.88 Å². The SMILES string of the molecule is C=C(C)C(=O)Nc1ccc(OC)nn1. The van der Waals surface area contributed by atoms with E-state index in [2.05, 4.69) is 22.1 Å². The van der Waals surface area contributed by atoms with Crippen molar-refractivity contribution >= 4 is 11.7 Å². The summed E-state index contributed by atoms with van der Waals surface area (Å²) in [5.41, 5.74) is 0.419. The molecule has 1 rings (SSSR count). The number of hydrogen-bond donors (Lipinski definition) is 1. The summed E-state index contributed by atoms with van der Waals surface area (Å²) in [6, 6.07) is 3.22. The van der Waals surface area contributed by atoms with Crippen LogP contribution in [0.4, 0.5) is 5.82 Å². The van der Waals surface area contributed by atoms with E-state index in [1.807, 2.05) is 0 Å². The van der Waals surface area contributed by atoms with Crippen molar-refractivity contribution in [1.29, 1.82) is 0 Å². The molecule has 0 bridgehead atoms. The number of aromatic nitrogens is 2. The van der Waals surface area contributed by atoms with Gasteiger partial charge >= 0.3 is 0 Å². The van der Waals surface area contributed by atoms with E-state index in [-0.39, 0.29) is 5.91 Å². The van der Waals surface area contributed by atoms with E-state index >= 15 is 0 Å². The van der Waals surface area contributed by atoms with Crippen LogP contribution in [0.1, 0.15) is 6.92 Å². The molecule has 0 aliphatic rings. The van der Waals surface area contributed by atoms with Gasteiger partial charge < -0.3 is 10.1 Å². The molecule has 1 aromatic rings. The van der Waals surface area contributed by atoms with Gasteiger partial charge in [-0.05, 0) is 13.0 Å². The van der Waals surface area contributed by atoms with Gasteiger partial charge in [0.2, 0.25) is 5.88 Å². The Hall–Kier alpha value is -1.91. The molecule has 0 aliphatic heterocycles. The standard InChI is InChI=1S/C9H11N3O2/c1-6(2)9(13)10-7-4-5-8(14-3)12-11-7/h4-5H,1H2,2-3H3,(H,10,11,13). The lowest BCUT2D eigenvalue weighted by atomic mass is 10.3. The topological polar surface area (TPSA) is 64.1 Å². The summed E-state index contributed by atoms with van der Waals surface area (Å²) in [6.45, 7) is 5.12. The van der Waals surface area contributed by atoms with E-state index in [0.29, 0.717) is 17.3 Å². The third-order valence-corrected chi connectivity index (χ3v) is 1.48. The summed E-state index contributed by atoms with van der Waals surface area (Å²) in [7, 11) is 1.50.